The normalized spacial score (nSPS) is 12.4. The van der Waals surface area contributed by atoms with Crippen LogP contribution in [0.5, 0.6) is 5.75 Å². The van der Waals surface area contributed by atoms with E-state index < -0.39 is 0 Å². The maximum absolute atomic E-state index is 6.03. The number of thiazole rings is 1. The third-order valence-corrected chi connectivity index (χ3v) is 6.41. The monoisotopic (exact) mass is 384 g/mol. The quantitative estimate of drug-likeness (QED) is 0.375. The molecular weight excluding hydrogens is 362 g/mol. The van der Waals surface area contributed by atoms with E-state index in [0.29, 0.717) is 6.61 Å². The minimum Gasteiger partial charge on any atom is -0.493 e. The molecule has 5 rings (SSSR count). The molecule has 4 aromatic carbocycles. The van der Waals surface area contributed by atoms with E-state index in [1.807, 2.05) is 18.3 Å². The van der Waals surface area contributed by atoms with Gasteiger partial charge < -0.3 is 4.74 Å². The summed E-state index contributed by atoms with van der Waals surface area (Å²) in [5.41, 5.74) is 1.30. The highest BCUT2D eigenvalue weighted by Gasteiger charge is 2.17. The molecule has 0 fully saturated rings. The van der Waals surface area contributed by atoms with Gasteiger partial charge in [-0.15, -0.1) is 0 Å². The van der Waals surface area contributed by atoms with Crippen LogP contribution >= 0.6 is 11.3 Å². The topological polar surface area (TPSA) is 13.1 Å². The van der Waals surface area contributed by atoms with E-state index in [2.05, 4.69) is 84.3 Å². The summed E-state index contributed by atoms with van der Waals surface area (Å²) in [6.07, 6.45) is 2.32. The van der Waals surface area contributed by atoms with Gasteiger partial charge in [0.25, 0.3) is 5.01 Å². The zero-order chi connectivity index (χ0) is 19.1. The number of benzene rings is 4. The van der Waals surface area contributed by atoms with E-state index >= 15 is 0 Å². The Balaban J connectivity index is 1.88. The number of hydrogen-bond donors (Lipinski definition) is 0. The van der Waals surface area contributed by atoms with Crippen LogP contribution in [0.3, 0.4) is 0 Å². The van der Waals surface area contributed by atoms with Gasteiger partial charge in [0.1, 0.15) is 17.0 Å². The molecule has 0 unspecified atom stereocenters. The summed E-state index contributed by atoms with van der Waals surface area (Å²) < 4.78 is 9.74. The number of nitrogens with zero attached hydrogens (tertiary/aromatic N) is 1. The van der Waals surface area contributed by atoms with Gasteiger partial charge in [0, 0.05) is 22.9 Å². The van der Waals surface area contributed by atoms with Gasteiger partial charge in [-0.2, -0.15) is 4.57 Å². The molecule has 28 heavy (non-hydrogen) atoms. The summed E-state index contributed by atoms with van der Waals surface area (Å²) in [6, 6.07) is 23.8. The van der Waals surface area contributed by atoms with Crippen molar-refractivity contribution in [2.45, 2.75) is 20.4 Å². The van der Waals surface area contributed by atoms with Crippen molar-refractivity contribution in [1.82, 2.24) is 0 Å². The first-order valence-corrected chi connectivity index (χ1v) is 10.6. The van der Waals surface area contributed by atoms with E-state index in [1.165, 1.54) is 42.0 Å². The highest BCUT2D eigenvalue weighted by Crippen LogP contribution is 2.31. The lowest BCUT2D eigenvalue weighted by Crippen LogP contribution is -2.34. The summed E-state index contributed by atoms with van der Waals surface area (Å²) in [6.45, 7) is 5.86. The van der Waals surface area contributed by atoms with Crippen LogP contribution in [0.1, 0.15) is 18.9 Å². The highest BCUT2D eigenvalue weighted by molar-refractivity contribution is 7.18. The van der Waals surface area contributed by atoms with Crippen molar-refractivity contribution < 1.29 is 9.30 Å². The molecule has 0 aliphatic carbocycles. The fourth-order valence-corrected chi connectivity index (χ4v) is 5.28. The fourth-order valence-electron chi connectivity index (χ4n) is 4.10. The van der Waals surface area contributed by atoms with E-state index in [4.69, 9.17) is 4.74 Å². The second-order valence-corrected chi connectivity index (χ2v) is 7.97. The van der Waals surface area contributed by atoms with E-state index in [9.17, 15) is 0 Å². The number of hydrogen-bond acceptors (Lipinski definition) is 2. The lowest BCUT2D eigenvalue weighted by Gasteiger charge is -2.11. The second-order valence-electron chi connectivity index (χ2n) is 6.90. The van der Waals surface area contributed by atoms with Gasteiger partial charge in [0.15, 0.2) is 0 Å². The standard InChI is InChI=1S/C25H22NOS/c1-3-26-21-13-5-6-14-23(21)28-24(26)16-18-15-22(27-4-2)20-12-8-10-17-9-7-11-19(18)25(17)20/h5-16H,3-4H2,1-2H3/q+1/b18-16+. The number of fused-ring (bicyclic) bond motifs is 1. The largest absolute Gasteiger partial charge is 0.493 e. The van der Waals surface area contributed by atoms with Crippen molar-refractivity contribution in [1.29, 1.82) is 0 Å². The maximum Gasteiger partial charge on any atom is 0.263 e. The minimum absolute atomic E-state index is 0.662. The summed E-state index contributed by atoms with van der Waals surface area (Å²) >= 11 is 1.84. The molecule has 0 amide bonds. The van der Waals surface area contributed by atoms with Gasteiger partial charge in [0.2, 0.25) is 5.52 Å². The average Bonchev–Trinajstić information content (AvgIpc) is 3.08. The fraction of sp³-hybridized carbons (Fsp3) is 0.160. The molecule has 138 valence electrons. The van der Waals surface area contributed by atoms with Crippen LogP contribution in [0.2, 0.25) is 0 Å². The summed E-state index contributed by atoms with van der Waals surface area (Å²) in [4.78, 5) is 0. The van der Waals surface area contributed by atoms with Crippen molar-refractivity contribution in [3.8, 4) is 5.75 Å². The summed E-state index contributed by atoms with van der Waals surface area (Å²) in [5, 5.41) is 7.48. The number of ether oxygens (including phenoxy) is 1. The van der Waals surface area contributed by atoms with E-state index in [0.717, 1.165) is 12.3 Å². The molecule has 0 atom stereocenters. The van der Waals surface area contributed by atoms with E-state index in [-0.39, 0.29) is 0 Å². The molecule has 0 saturated carbocycles. The predicted molar refractivity (Wildman–Crippen MR) is 119 cm³/mol. The number of para-hydroxylation sites is 1. The van der Waals surface area contributed by atoms with Gasteiger partial charge in [-0.1, -0.05) is 59.9 Å². The Morgan fingerprint density at radius 2 is 1.71 bits per heavy atom. The van der Waals surface area contributed by atoms with Gasteiger partial charge in [-0.3, -0.25) is 0 Å². The molecule has 0 bridgehead atoms. The lowest BCUT2D eigenvalue weighted by atomic mass is 9.98. The molecule has 3 heteroatoms. The molecule has 0 N–H and O–H groups in total. The van der Waals surface area contributed by atoms with Crippen molar-refractivity contribution in [3.05, 3.63) is 77.0 Å². The van der Waals surface area contributed by atoms with Gasteiger partial charge in [0.05, 0.1) is 6.61 Å². The number of aromatic nitrogens is 1. The molecule has 2 nitrogen and oxygen atoms in total. The Labute approximate surface area is 168 Å². The first-order valence-electron chi connectivity index (χ1n) is 9.80. The molecule has 5 aromatic rings. The van der Waals surface area contributed by atoms with Gasteiger partial charge in [-0.05, 0) is 42.0 Å². The maximum atomic E-state index is 6.03. The van der Waals surface area contributed by atoms with Crippen LogP contribution in [0.4, 0.5) is 0 Å². The van der Waals surface area contributed by atoms with Crippen molar-refractivity contribution >= 4 is 49.2 Å². The Morgan fingerprint density at radius 1 is 0.929 bits per heavy atom. The smallest absolute Gasteiger partial charge is 0.263 e. The first-order chi connectivity index (χ1) is 13.8. The highest BCUT2D eigenvalue weighted by atomic mass is 32.1. The van der Waals surface area contributed by atoms with Crippen LogP contribution < -0.4 is 14.5 Å². The SMILES string of the molecule is CCOc1c/c(=C\c2sc3ccccc3[n+]2CC)c2cccc3cccc1c32. The zero-order valence-corrected chi connectivity index (χ0v) is 16.9. The average molecular weight is 385 g/mol. The summed E-state index contributed by atoms with van der Waals surface area (Å²) in [5.74, 6) is 0.960. The zero-order valence-electron chi connectivity index (χ0n) is 16.1. The van der Waals surface area contributed by atoms with Crippen LogP contribution in [-0.2, 0) is 6.54 Å². The minimum atomic E-state index is 0.662. The number of rotatable bonds is 4. The second kappa shape index (κ2) is 6.92. The molecular formula is C25H22NOS+. The first kappa shape index (κ1) is 17.2. The van der Waals surface area contributed by atoms with Crippen LogP contribution in [0, 0.1) is 0 Å². The molecule has 0 aliphatic heterocycles. The molecule has 0 saturated heterocycles. The number of aryl methyl sites for hydroxylation is 1. The van der Waals surface area contributed by atoms with Gasteiger partial charge in [-0.25, -0.2) is 0 Å². The molecule has 1 aromatic heterocycles. The molecule has 0 spiro atoms. The van der Waals surface area contributed by atoms with Crippen LogP contribution in [0.25, 0.3) is 37.8 Å². The molecule has 0 aliphatic rings. The lowest BCUT2D eigenvalue weighted by molar-refractivity contribution is -0.665. The molecule has 1 heterocycles. The Morgan fingerprint density at radius 3 is 2.50 bits per heavy atom. The van der Waals surface area contributed by atoms with Gasteiger partial charge >= 0.3 is 0 Å². The Kier molecular flexibility index (Phi) is 4.25. The van der Waals surface area contributed by atoms with Crippen LogP contribution in [-0.4, -0.2) is 6.61 Å². The van der Waals surface area contributed by atoms with Crippen molar-refractivity contribution in [3.63, 3.8) is 0 Å². The van der Waals surface area contributed by atoms with Crippen LogP contribution in [0.15, 0.2) is 66.7 Å². The van der Waals surface area contributed by atoms with Crippen molar-refractivity contribution in [2.24, 2.45) is 0 Å². The third-order valence-electron chi connectivity index (χ3n) is 5.30. The van der Waals surface area contributed by atoms with E-state index in [1.54, 1.807) is 0 Å². The van der Waals surface area contributed by atoms with Crippen molar-refractivity contribution in [2.75, 3.05) is 6.61 Å². The third kappa shape index (κ3) is 2.66. The Bertz CT molecular complexity index is 1360. The predicted octanol–water partition coefficient (Wildman–Crippen LogP) is 5.46. The molecule has 0 radical (unpaired) electrons. The Hall–Kier alpha value is -2.91. The summed E-state index contributed by atoms with van der Waals surface area (Å²) in [7, 11) is 0.